The van der Waals surface area contributed by atoms with Crippen molar-refractivity contribution >= 4 is 22.3 Å². The van der Waals surface area contributed by atoms with Crippen LogP contribution in [0.15, 0.2) is 54.3 Å². The predicted molar refractivity (Wildman–Crippen MR) is 70.4 cm³/mol. The van der Waals surface area contributed by atoms with Crippen molar-refractivity contribution in [2.24, 2.45) is 0 Å². The second-order valence-electron chi connectivity index (χ2n) is 3.73. The van der Waals surface area contributed by atoms with E-state index in [1.807, 2.05) is 54.3 Å². The van der Waals surface area contributed by atoms with Gasteiger partial charge in [-0.3, -0.25) is 0 Å². The Balaban J connectivity index is 1.82. The molecule has 88 valence electrons. The minimum atomic E-state index is 0.875. The summed E-state index contributed by atoms with van der Waals surface area (Å²) in [4.78, 5) is 10.7. The van der Waals surface area contributed by atoms with Gasteiger partial charge < -0.3 is 0 Å². The molecule has 0 aliphatic rings. The molecule has 0 saturated carbocycles. The number of nitrogens with one attached hydrogen (secondary N) is 3. The van der Waals surface area contributed by atoms with E-state index in [1.165, 1.54) is 0 Å². The van der Waals surface area contributed by atoms with Crippen molar-refractivity contribution in [2.75, 3.05) is 5.32 Å². The van der Waals surface area contributed by atoms with Gasteiger partial charge in [0.1, 0.15) is 0 Å². The van der Waals surface area contributed by atoms with E-state index in [0.717, 1.165) is 22.2 Å². The summed E-state index contributed by atoms with van der Waals surface area (Å²) in [5.74, 6) is 0.930. The van der Waals surface area contributed by atoms with Crippen LogP contribution in [0.4, 0.5) is 10.9 Å². The zero-order valence-corrected chi connectivity index (χ0v) is 10.4. The zero-order chi connectivity index (χ0) is 12.2. The number of aromatic amines is 2. The van der Waals surface area contributed by atoms with Gasteiger partial charge in [-0.25, -0.2) is 15.3 Å². The molecule has 3 aromatic rings. The minimum Gasteiger partial charge on any atom is -0.247 e. The van der Waals surface area contributed by atoms with E-state index in [2.05, 4.69) is 20.3 Å². The third-order valence-corrected chi connectivity index (χ3v) is 3.23. The Morgan fingerprint density at radius 2 is 1.94 bits per heavy atom. The van der Waals surface area contributed by atoms with Crippen LogP contribution in [0.5, 0.6) is 0 Å². The van der Waals surface area contributed by atoms with Crippen molar-refractivity contribution in [3.8, 4) is 11.3 Å². The van der Waals surface area contributed by atoms with Crippen LogP contribution < -0.4 is 15.3 Å². The van der Waals surface area contributed by atoms with Gasteiger partial charge in [0.2, 0.25) is 0 Å². The monoisotopic (exact) mass is 256 g/mol. The van der Waals surface area contributed by atoms with Gasteiger partial charge in [0.15, 0.2) is 12.4 Å². The third kappa shape index (κ3) is 2.36. The van der Waals surface area contributed by atoms with Crippen LogP contribution in [0.1, 0.15) is 0 Å². The van der Waals surface area contributed by atoms with Gasteiger partial charge in [-0.1, -0.05) is 17.4 Å². The Hall–Kier alpha value is -2.27. The molecule has 4 nitrogen and oxygen atoms in total. The zero-order valence-electron chi connectivity index (χ0n) is 9.55. The van der Waals surface area contributed by atoms with Crippen LogP contribution in [0.25, 0.3) is 11.3 Å². The van der Waals surface area contributed by atoms with Gasteiger partial charge in [-0.15, -0.1) is 0 Å². The Morgan fingerprint density at radius 3 is 2.72 bits per heavy atom. The fourth-order valence-corrected chi connectivity index (χ4v) is 2.34. The first-order valence-electron chi connectivity index (χ1n) is 5.57. The molecular weight excluding hydrogens is 244 g/mol. The number of hydrogen-bond donors (Lipinski definition) is 1. The summed E-state index contributed by atoms with van der Waals surface area (Å²) >= 11 is 1.59. The maximum absolute atomic E-state index is 4.55. The van der Waals surface area contributed by atoms with Crippen LogP contribution >= 0.6 is 11.3 Å². The van der Waals surface area contributed by atoms with Crippen LogP contribution in [-0.2, 0) is 0 Å². The van der Waals surface area contributed by atoms with Crippen molar-refractivity contribution in [1.82, 2.24) is 4.98 Å². The summed E-state index contributed by atoms with van der Waals surface area (Å²) in [6.45, 7) is 0. The number of aromatic nitrogens is 3. The molecule has 0 amide bonds. The highest BCUT2D eigenvalue weighted by Gasteiger charge is 2.09. The van der Waals surface area contributed by atoms with Gasteiger partial charge in [0.25, 0.3) is 10.9 Å². The molecule has 3 heterocycles. The van der Waals surface area contributed by atoms with Gasteiger partial charge in [-0.05, 0) is 6.07 Å². The van der Waals surface area contributed by atoms with Crippen molar-refractivity contribution in [3.05, 3.63) is 54.3 Å². The lowest BCUT2D eigenvalue weighted by Crippen LogP contribution is -2.07. The Kier molecular flexibility index (Phi) is 2.97. The second-order valence-corrected chi connectivity index (χ2v) is 4.59. The molecule has 3 rings (SSSR count). The van der Waals surface area contributed by atoms with E-state index >= 15 is 0 Å². The first kappa shape index (κ1) is 10.9. The SMILES string of the molecule is c1ccc(Nc2nc(-c3cc[nH+]cc3)cs2)[nH+]c1. The average Bonchev–Trinajstić information content (AvgIpc) is 2.89. The quantitative estimate of drug-likeness (QED) is 0.781. The molecule has 0 aliphatic carbocycles. The molecule has 0 fully saturated rings. The van der Waals surface area contributed by atoms with E-state index in [0.29, 0.717) is 0 Å². The summed E-state index contributed by atoms with van der Waals surface area (Å²) in [5, 5.41) is 6.16. The van der Waals surface area contributed by atoms with Gasteiger partial charge in [0.05, 0.1) is 11.9 Å². The highest BCUT2D eigenvalue weighted by molar-refractivity contribution is 7.14. The van der Waals surface area contributed by atoms with E-state index < -0.39 is 0 Å². The molecule has 0 spiro atoms. The smallest absolute Gasteiger partial charge is 0.247 e. The number of anilines is 2. The van der Waals surface area contributed by atoms with Crippen molar-refractivity contribution < 1.29 is 9.97 Å². The number of hydrogen-bond acceptors (Lipinski definition) is 3. The van der Waals surface area contributed by atoms with E-state index in [1.54, 1.807) is 11.3 Å². The van der Waals surface area contributed by atoms with Gasteiger partial charge in [0, 0.05) is 29.1 Å². The molecule has 0 aromatic carbocycles. The Bertz CT molecular complexity index is 622. The normalized spacial score (nSPS) is 10.2. The standard InChI is InChI=1S/C13H10N4S/c1-2-6-15-12(3-1)17-13-16-11(9-18-13)10-4-7-14-8-5-10/h1-9H,(H,15,16,17)/p+2. The highest BCUT2D eigenvalue weighted by atomic mass is 32.1. The molecule has 0 atom stereocenters. The molecule has 0 bridgehead atoms. The van der Waals surface area contributed by atoms with Crippen molar-refractivity contribution in [3.63, 3.8) is 0 Å². The van der Waals surface area contributed by atoms with E-state index in [-0.39, 0.29) is 0 Å². The molecule has 3 N–H and O–H groups in total. The topological polar surface area (TPSA) is 53.2 Å². The van der Waals surface area contributed by atoms with Gasteiger partial charge in [-0.2, -0.15) is 4.98 Å². The van der Waals surface area contributed by atoms with Crippen LogP contribution in [0, 0.1) is 0 Å². The molecule has 0 aliphatic heterocycles. The third-order valence-electron chi connectivity index (χ3n) is 2.47. The maximum atomic E-state index is 4.55. The van der Waals surface area contributed by atoms with Crippen LogP contribution in [0.3, 0.4) is 0 Å². The molecule has 0 unspecified atom stereocenters. The lowest BCUT2D eigenvalue weighted by atomic mass is 10.2. The predicted octanol–water partition coefficient (Wildman–Crippen LogP) is 2.18. The summed E-state index contributed by atoms with van der Waals surface area (Å²) in [7, 11) is 0. The highest BCUT2D eigenvalue weighted by Crippen LogP contribution is 2.25. The number of nitrogens with zero attached hydrogens (tertiary/aromatic N) is 1. The molecule has 18 heavy (non-hydrogen) atoms. The first-order valence-corrected chi connectivity index (χ1v) is 6.45. The van der Waals surface area contributed by atoms with Gasteiger partial charge >= 0.3 is 0 Å². The number of pyridine rings is 2. The molecule has 0 saturated heterocycles. The molecular formula is C13H12N4S+2. The molecule has 5 heteroatoms. The summed E-state index contributed by atoms with van der Waals surface area (Å²) < 4.78 is 0. The Morgan fingerprint density at radius 1 is 1.06 bits per heavy atom. The van der Waals surface area contributed by atoms with E-state index in [4.69, 9.17) is 0 Å². The van der Waals surface area contributed by atoms with Crippen LogP contribution in [-0.4, -0.2) is 4.98 Å². The van der Waals surface area contributed by atoms with Crippen LogP contribution in [0.2, 0.25) is 0 Å². The fraction of sp³-hybridized carbons (Fsp3) is 0. The number of thiazole rings is 1. The van der Waals surface area contributed by atoms with Crippen molar-refractivity contribution in [2.45, 2.75) is 0 Å². The largest absolute Gasteiger partial charge is 0.279 e. The fourth-order valence-electron chi connectivity index (χ4n) is 1.61. The minimum absolute atomic E-state index is 0.875. The summed E-state index contributed by atoms with van der Waals surface area (Å²) in [5.41, 5.74) is 2.09. The lowest BCUT2D eigenvalue weighted by Gasteiger charge is -1.92. The molecule has 3 aromatic heterocycles. The lowest BCUT2D eigenvalue weighted by molar-refractivity contribution is -0.377. The molecule has 0 radical (unpaired) electrons. The maximum Gasteiger partial charge on any atom is 0.279 e. The Labute approximate surface area is 108 Å². The average molecular weight is 256 g/mol. The summed E-state index contributed by atoms with van der Waals surface area (Å²) in [6, 6.07) is 9.90. The second kappa shape index (κ2) is 4.93. The van der Waals surface area contributed by atoms with Crippen molar-refractivity contribution in [1.29, 1.82) is 0 Å². The first-order chi connectivity index (χ1) is 8.92. The number of rotatable bonds is 3. The summed E-state index contributed by atoms with van der Waals surface area (Å²) in [6.07, 6.45) is 5.67. The number of H-pyrrole nitrogens is 2. The van der Waals surface area contributed by atoms with E-state index in [9.17, 15) is 0 Å².